The summed E-state index contributed by atoms with van der Waals surface area (Å²) in [6, 6.07) is 4.61. The molecule has 1 fully saturated rings. The molecule has 6 nitrogen and oxygen atoms in total. The number of aromatic nitrogens is 3. The van der Waals surface area contributed by atoms with Gasteiger partial charge in [-0.1, -0.05) is 0 Å². The normalized spacial score (nSPS) is 17.0. The third-order valence-electron chi connectivity index (χ3n) is 4.59. The van der Waals surface area contributed by atoms with Crippen molar-refractivity contribution in [3.05, 3.63) is 40.3 Å². The maximum atomic E-state index is 4.74. The summed E-state index contributed by atoms with van der Waals surface area (Å²) >= 11 is 3.42. The molecule has 4 heterocycles. The molecule has 0 amide bonds. The summed E-state index contributed by atoms with van der Waals surface area (Å²) in [4.78, 5) is 15.8. The maximum Gasteiger partial charge on any atom is 0.134 e. The first-order chi connectivity index (χ1) is 12.8. The summed E-state index contributed by atoms with van der Waals surface area (Å²) in [6.07, 6.45) is 4.01. The van der Waals surface area contributed by atoms with Crippen LogP contribution < -0.4 is 15.5 Å². The van der Waals surface area contributed by atoms with Crippen molar-refractivity contribution in [1.82, 2.24) is 20.3 Å². The van der Waals surface area contributed by atoms with E-state index in [9.17, 15) is 0 Å². The molecule has 0 radical (unpaired) electrons. The molecule has 0 saturated carbocycles. The Kier molecular flexibility index (Phi) is 5.42. The molecule has 4 rings (SSSR count). The summed E-state index contributed by atoms with van der Waals surface area (Å²) in [6.45, 7) is 2.78. The van der Waals surface area contributed by atoms with Gasteiger partial charge in [-0.3, -0.25) is 0 Å². The Hall–Kier alpha value is -2.03. The minimum atomic E-state index is 0.463. The SMILES string of the molecule is CNc1cc(N2CCCC2CNCc2csc(-c3ccsc3)n2)ncn1. The highest BCUT2D eigenvalue weighted by Gasteiger charge is 2.25. The molecular formula is C18H22N6S2. The molecule has 1 aliphatic rings. The van der Waals surface area contributed by atoms with Gasteiger partial charge in [0, 0.05) is 55.1 Å². The average Bonchev–Trinajstić information content (AvgIpc) is 3.43. The highest BCUT2D eigenvalue weighted by atomic mass is 32.1. The topological polar surface area (TPSA) is 66.0 Å². The van der Waals surface area contributed by atoms with Crippen LogP contribution in [-0.4, -0.2) is 41.1 Å². The molecule has 136 valence electrons. The van der Waals surface area contributed by atoms with E-state index < -0.39 is 0 Å². The van der Waals surface area contributed by atoms with E-state index in [1.54, 1.807) is 29.0 Å². The molecule has 1 atom stereocenters. The summed E-state index contributed by atoms with van der Waals surface area (Å²) in [5, 5.41) is 14.2. The van der Waals surface area contributed by atoms with Gasteiger partial charge in [0.05, 0.1) is 5.69 Å². The van der Waals surface area contributed by atoms with E-state index in [2.05, 4.69) is 47.7 Å². The third kappa shape index (κ3) is 3.87. The van der Waals surface area contributed by atoms with Crippen LogP contribution in [0.25, 0.3) is 10.6 Å². The van der Waals surface area contributed by atoms with E-state index in [1.807, 2.05) is 13.1 Å². The average molecular weight is 387 g/mol. The number of thiazole rings is 1. The van der Waals surface area contributed by atoms with Gasteiger partial charge in [-0.25, -0.2) is 15.0 Å². The first kappa shape index (κ1) is 17.4. The largest absolute Gasteiger partial charge is 0.373 e. The van der Waals surface area contributed by atoms with Crippen LogP contribution in [0.15, 0.2) is 34.6 Å². The van der Waals surface area contributed by atoms with Crippen molar-refractivity contribution in [2.75, 3.05) is 30.4 Å². The van der Waals surface area contributed by atoms with Gasteiger partial charge in [0.25, 0.3) is 0 Å². The van der Waals surface area contributed by atoms with Gasteiger partial charge in [-0.15, -0.1) is 11.3 Å². The first-order valence-electron chi connectivity index (χ1n) is 8.77. The molecule has 2 N–H and O–H groups in total. The second-order valence-electron chi connectivity index (χ2n) is 6.29. The molecular weight excluding hydrogens is 364 g/mol. The zero-order valence-corrected chi connectivity index (χ0v) is 16.3. The van der Waals surface area contributed by atoms with E-state index in [-0.39, 0.29) is 0 Å². The van der Waals surface area contributed by atoms with Crippen LogP contribution in [0.5, 0.6) is 0 Å². The zero-order chi connectivity index (χ0) is 17.8. The molecule has 3 aromatic rings. The van der Waals surface area contributed by atoms with E-state index in [0.717, 1.165) is 42.0 Å². The molecule has 1 saturated heterocycles. The first-order valence-corrected chi connectivity index (χ1v) is 10.6. The highest BCUT2D eigenvalue weighted by molar-refractivity contribution is 7.14. The number of hydrogen-bond acceptors (Lipinski definition) is 8. The van der Waals surface area contributed by atoms with Gasteiger partial charge in [0.15, 0.2) is 0 Å². The summed E-state index contributed by atoms with van der Waals surface area (Å²) < 4.78 is 0. The van der Waals surface area contributed by atoms with Gasteiger partial charge in [-0.05, 0) is 24.3 Å². The monoisotopic (exact) mass is 386 g/mol. The Bertz CT molecular complexity index is 832. The fourth-order valence-corrected chi connectivity index (χ4v) is 4.80. The summed E-state index contributed by atoms with van der Waals surface area (Å²) in [5.41, 5.74) is 2.33. The van der Waals surface area contributed by atoms with Crippen molar-refractivity contribution in [3.8, 4) is 10.6 Å². The number of anilines is 2. The van der Waals surface area contributed by atoms with Crippen LogP contribution in [0.3, 0.4) is 0 Å². The van der Waals surface area contributed by atoms with Gasteiger partial charge in [0.2, 0.25) is 0 Å². The highest BCUT2D eigenvalue weighted by Crippen LogP contribution is 2.26. The molecule has 3 aromatic heterocycles. The predicted molar refractivity (Wildman–Crippen MR) is 109 cm³/mol. The number of rotatable bonds is 7. The van der Waals surface area contributed by atoms with Crippen LogP contribution in [-0.2, 0) is 6.54 Å². The molecule has 0 spiro atoms. The zero-order valence-electron chi connectivity index (χ0n) is 14.7. The number of hydrogen-bond donors (Lipinski definition) is 2. The Morgan fingerprint density at radius 3 is 3.12 bits per heavy atom. The molecule has 26 heavy (non-hydrogen) atoms. The lowest BCUT2D eigenvalue weighted by atomic mass is 10.2. The van der Waals surface area contributed by atoms with E-state index >= 15 is 0 Å². The van der Waals surface area contributed by atoms with Crippen LogP contribution in [0.1, 0.15) is 18.5 Å². The second-order valence-corrected chi connectivity index (χ2v) is 7.93. The minimum absolute atomic E-state index is 0.463. The van der Waals surface area contributed by atoms with E-state index in [1.165, 1.54) is 18.4 Å². The minimum Gasteiger partial charge on any atom is -0.373 e. The molecule has 1 unspecified atom stereocenters. The molecule has 8 heteroatoms. The summed E-state index contributed by atoms with van der Waals surface area (Å²) in [5.74, 6) is 1.86. The van der Waals surface area contributed by atoms with E-state index in [0.29, 0.717) is 6.04 Å². The lowest BCUT2D eigenvalue weighted by Gasteiger charge is -2.26. The molecule has 0 aromatic carbocycles. The molecule has 0 aliphatic carbocycles. The third-order valence-corrected chi connectivity index (χ3v) is 6.21. The Balaban J connectivity index is 1.34. The molecule has 1 aliphatic heterocycles. The molecule has 0 bridgehead atoms. The second kappa shape index (κ2) is 8.11. The van der Waals surface area contributed by atoms with Crippen molar-refractivity contribution >= 4 is 34.3 Å². The smallest absolute Gasteiger partial charge is 0.134 e. The van der Waals surface area contributed by atoms with Gasteiger partial charge in [-0.2, -0.15) is 11.3 Å². The van der Waals surface area contributed by atoms with Crippen LogP contribution >= 0.6 is 22.7 Å². The van der Waals surface area contributed by atoms with Gasteiger partial charge < -0.3 is 15.5 Å². The summed E-state index contributed by atoms with van der Waals surface area (Å²) in [7, 11) is 1.88. The van der Waals surface area contributed by atoms with Crippen molar-refractivity contribution in [2.24, 2.45) is 0 Å². The predicted octanol–water partition coefficient (Wildman–Crippen LogP) is 3.46. The fourth-order valence-electron chi connectivity index (χ4n) is 3.26. The van der Waals surface area contributed by atoms with Gasteiger partial charge in [0.1, 0.15) is 23.0 Å². The lowest BCUT2D eigenvalue weighted by molar-refractivity contribution is 0.567. The Morgan fingerprint density at radius 2 is 2.27 bits per heavy atom. The number of thiophene rings is 1. The number of nitrogens with zero attached hydrogens (tertiary/aromatic N) is 4. The van der Waals surface area contributed by atoms with E-state index in [4.69, 9.17) is 4.98 Å². The van der Waals surface area contributed by atoms with Crippen molar-refractivity contribution in [3.63, 3.8) is 0 Å². The Labute approximate surface area is 161 Å². The van der Waals surface area contributed by atoms with Gasteiger partial charge >= 0.3 is 0 Å². The Morgan fingerprint density at radius 1 is 1.31 bits per heavy atom. The van der Waals surface area contributed by atoms with Crippen LogP contribution in [0.2, 0.25) is 0 Å². The van der Waals surface area contributed by atoms with Crippen LogP contribution in [0, 0.1) is 0 Å². The van der Waals surface area contributed by atoms with Crippen molar-refractivity contribution in [1.29, 1.82) is 0 Å². The maximum absolute atomic E-state index is 4.74. The van der Waals surface area contributed by atoms with Crippen LogP contribution in [0.4, 0.5) is 11.6 Å². The lowest BCUT2D eigenvalue weighted by Crippen LogP contribution is -2.38. The quantitative estimate of drug-likeness (QED) is 0.648. The standard InChI is InChI=1S/C18H22N6S2/c1-19-16-7-17(22-12-21-16)24-5-2-3-15(24)9-20-8-14-11-26-18(23-14)13-4-6-25-10-13/h4,6-7,10-12,15,20H,2-3,5,8-9H2,1H3,(H,19,21,22). The van der Waals surface area contributed by atoms with Crippen molar-refractivity contribution < 1.29 is 0 Å². The van der Waals surface area contributed by atoms with Crippen molar-refractivity contribution in [2.45, 2.75) is 25.4 Å². The number of nitrogens with one attached hydrogen (secondary N) is 2. The fraction of sp³-hybridized carbons (Fsp3) is 0.389.